The molecule has 4 heterocycles. The molecule has 4 aliphatic rings. The molecular formula is C42H80O17. The lowest BCUT2D eigenvalue weighted by Crippen LogP contribution is -2.82. The maximum atomic E-state index is 11.5. The molecule has 17 nitrogen and oxygen atoms in total. The molecule has 0 aromatic heterocycles. The maximum absolute atomic E-state index is 11.5. The van der Waals surface area contributed by atoms with Gasteiger partial charge in [0.1, 0.15) is 62.6 Å². The van der Waals surface area contributed by atoms with E-state index in [0.717, 1.165) is 0 Å². The van der Waals surface area contributed by atoms with Gasteiger partial charge in [0.15, 0.2) is 25.2 Å². The number of aliphatic hydroxyl groups is 9. The third-order valence-electron chi connectivity index (χ3n) is 16.6. The lowest BCUT2D eigenvalue weighted by molar-refractivity contribution is -0.457. The smallest absolute Gasteiger partial charge is 0.187 e. The van der Waals surface area contributed by atoms with Crippen LogP contribution in [0.2, 0.25) is 0 Å². The molecule has 0 amide bonds. The highest BCUT2D eigenvalue weighted by Gasteiger charge is 2.75. The summed E-state index contributed by atoms with van der Waals surface area (Å²) in [7, 11) is 2.98. The van der Waals surface area contributed by atoms with E-state index in [1.165, 1.54) is 41.9 Å². The summed E-state index contributed by atoms with van der Waals surface area (Å²) in [5.41, 5.74) is -20.1. The molecule has 4 aliphatic heterocycles. The molecule has 9 N–H and O–H groups in total. The van der Waals surface area contributed by atoms with Gasteiger partial charge in [-0.05, 0) is 104 Å². The maximum Gasteiger partial charge on any atom is 0.187 e. The summed E-state index contributed by atoms with van der Waals surface area (Å²) in [5.74, 6) is 0. The minimum atomic E-state index is -2.07. The molecule has 4 saturated heterocycles. The van der Waals surface area contributed by atoms with Crippen LogP contribution in [0.1, 0.15) is 132 Å². The topological polar surface area (TPSA) is 256 Å². The van der Waals surface area contributed by atoms with Crippen molar-refractivity contribution in [1.82, 2.24) is 0 Å². The average molecular weight is 857 g/mol. The van der Waals surface area contributed by atoms with E-state index in [0.29, 0.717) is 0 Å². The average Bonchev–Trinajstić information content (AvgIpc) is 3.09. The molecule has 0 aromatic carbocycles. The van der Waals surface area contributed by atoms with Crippen LogP contribution < -0.4 is 0 Å². The van der Waals surface area contributed by atoms with Crippen molar-refractivity contribution in [3.63, 3.8) is 0 Å². The van der Waals surface area contributed by atoms with Gasteiger partial charge in [-0.25, -0.2) is 0 Å². The molecule has 15 atom stereocenters. The van der Waals surface area contributed by atoms with Crippen molar-refractivity contribution >= 4 is 0 Å². The van der Waals surface area contributed by atoms with E-state index < -0.39 is 122 Å². The molecule has 350 valence electrons. The van der Waals surface area contributed by atoms with E-state index in [-0.39, 0.29) is 0 Å². The highest BCUT2D eigenvalue weighted by atomic mass is 16.7. The van der Waals surface area contributed by atoms with Crippen LogP contribution in [0.15, 0.2) is 0 Å². The van der Waals surface area contributed by atoms with Gasteiger partial charge in [0.05, 0.1) is 23.4 Å². The predicted octanol–water partition coefficient (Wildman–Crippen LogP) is 1.61. The summed E-state index contributed by atoms with van der Waals surface area (Å²) in [6, 6.07) is 0. The summed E-state index contributed by atoms with van der Waals surface area (Å²) in [6.45, 7) is 30.4. The van der Waals surface area contributed by atoms with Crippen LogP contribution in [-0.4, -0.2) is 171 Å². The second-order valence-corrected chi connectivity index (χ2v) is 21.5. The van der Waals surface area contributed by atoms with E-state index in [2.05, 4.69) is 0 Å². The Bertz CT molecular complexity index is 1520. The van der Waals surface area contributed by atoms with Gasteiger partial charge in [-0.15, -0.1) is 0 Å². The fourth-order valence-corrected chi connectivity index (χ4v) is 9.15. The summed E-state index contributed by atoms with van der Waals surface area (Å²) in [6.07, 6.45) is -7.47. The highest BCUT2D eigenvalue weighted by Crippen LogP contribution is 2.58. The largest absolute Gasteiger partial charge is 0.393 e. The van der Waals surface area contributed by atoms with E-state index in [1.54, 1.807) is 90.0 Å². The summed E-state index contributed by atoms with van der Waals surface area (Å²) in [5, 5.41) is 97.2. The Morgan fingerprint density at radius 1 is 0.458 bits per heavy atom. The third-order valence-corrected chi connectivity index (χ3v) is 16.6. The lowest BCUT2D eigenvalue weighted by atomic mass is 9.62. The number of hydrogen-bond acceptors (Lipinski definition) is 17. The predicted molar refractivity (Wildman–Crippen MR) is 214 cm³/mol. The van der Waals surface area contributed by atoms with Gasteiger partial charge in [0.25, 0.3) is 0 Å². The Labute approximate surface area is 351 Å². The second-order valence-electron chi connectivity index (χ2n) is 21.5. The third kappa shape index (κ3) is 7.00. The van der Waals surface area contributed by atoms with Crippen molar-refractivity contribution < 1.29 is 83.9 Å². The highest BCUT2D eigenvalue weighted by molar-refractivity contribution is 5.21. The molecule has 0 aliphatic carbocycles. The Hall–Kier alpha value is -0.680. The molecule has 0 saturated carbocycles. The molecule has 0 radical (unpaired) electrons. The Kier molecular flexibility index (Phi) is 13.3. The number of hydrogen-bond donors (Lipinski definition) is 9. The van der Waals surface area contributed by atoms with Crippen molar-refractivity contribution in [3.05, 3.63) is 0 Å². The van der Waals surface area contributed by atoms with Crippen molar-refractivity contribution in [2.24, 2.45) is 10.8 Å². The summed E-state index contributed by atoms with van der Waals surface area (Å²) in [4.78, 5) is 0. The minimum Gasteiger partial charge on any atom is -0.393 e. The zero-order chi connectivity index (χ0) is 46.8. The van der Waals surface area contributed by atoms with Crippen LogP contribution >= 0.6 is 0 Å². The van der Waals surface area contributed by atoms with E-state index >= 15 is 0 Å². The first kappa shape index (κ1) is 52.7. The van der Waals surface area contributed by atoms with Crippen LogP contribution in [0.25, 0.3) is 0 Å². The van der Waals surface area contributed by atoms with Crippen LogP contribution in [0.3, 0.4) is 0 Å². The molecule has 0 bridgehead atoms. The van der Waals surface area contributed by atoms with E-state index in [9.17, 15) is 46.0 Å². The zero-order valence-corrected chi connectivity index (χ0v) is 39.5. The first-order valence-electron chi connectivity index (χ1n) is 20.3. The van der Waals surface area contributed by atoms with Gasteiger partial charge in [-0.3, -0.25) is 0 Å². The summed E-state index contributed by atoms with van der Waals surface area (Å²) < 4.78 is 48.0. The van der Waals surface area contributed by atoms with Crippen LogP contribution in [0, 0.1) is 10.8 Å². The number of methoxy groups -OCH3 is 2. The monoisotopic (exact) mass is 857 g/mol. The van der Waals surface area contributed by atoms with Gasteiger partial charge in [0.2, 0.25) is 0 Å². The normalized spacial score (nSPS) is 52.6. The molecule has 15 unspecified atom stereocenters. The number of aliphatic hydroxyl groups excluding tert-OH is 5. The first-order valence-corrected chi connectivity index (χ1v) is 20.3. The second kappa shape index (κ2) is 14.9. The van der Waals surface area contributed by atoms with E-state index in [1.807, 2.05) is 13.8 Å². The van der Waals surface area contributed by atoms with Crippen LogP contribution in [0.4, 0.5) is 0 Å². The Morgan fingerprint density at radius 2 is 0.763 bits per heavy atom. The zero-order valence-electron chi connectivity index (χ0n) is 39.5. The Balaban J connectivity index is 0.000000316. The van der Waals surface area contributed by atoms with Gasteiger partial charge in [-0.1, -0.05) is 27.7 Å². The van der Waals surface area contributed by atoms with Gasteiger partial charge >= 0.3 is 0 Å². The fraction of sp³-hybridized carbons (Fsp3) is 1.00. The SMILES string of the molecule is COC1(C)C(O)C(C)(C)OC(OC2(C)C(C)(C)OC(O)C(C)(O)C2(C)O)C1(C)C.COC1(C)C(O)C(C)(CO)OC(OC2(C)C(C)(C)OC(O)C(C)(O)C2(C)O)C1(C)C. The Morgan fingerprint density at radius 3 is 1.07 bits per heavy atom. The number of ether oxygens (including phenoxy) is 8. The fourth-order valence-electron chi connectivity index (χ4n) is 9.15. The van der Waals surface area contributed by atoms with Crippen LogP contribution in [-0.2, 0) is 37.9 Å². The van der Waals surface area contributed by atoms with Crippen molar-refractivity contribution in [3.8, 4) is 0 Å². The van der Waals surface area contributed by atoms with Gasteiger partial charge in [0, 0.05) is 25.0 Å². The standard InChI is InChI=1S/C21H40O9.C21H40O8/c1-15(2)14(29-17(5,11-22)12(23)19(15,7)27-10)30-21(9)16(3,4)28-13(24)18(6,25)20(21,8)26;1-15(2)14(28-16(3,4)12(22)19(15,8)26-11)29-21(10)17(5,6)27-13(23)18(7,24)20(21,9)25/h12-14,22-26H,11H2,1-10H3;12-14,22-25H,1-11H3. The lowest BCUT2D eigenvalue weighted by Gasteiger charge is -2.65. The van der Waals surface area contributed by atoms with Crippen molar-refractivity contribution in [1.29, 1.82) is 0 Å². The van der Waals surface area contributed by atoms with Gasteiger partial charge in [-0.2, -0.15) is 0 Å². The molecule has 59 heavy (non-hydrogen) atoms. The first-order chi connectivity index (χ1) is 25.9. The quantitative estimate of drug-likeness (QED) is 0.176. The molecule has 17 heteroatoms. The van der Waals surface area contributed by atoms with Crippen molar-refractivity contribution in [2.45, 2.75) is 236 Å². The van der Waals surface area contributed by atoms with Crippen molar-refractivity contribution in [2.75, 3.05) is 20.8 Å². The molecule has 4 fully saturated rings. The van der Waals surface area contributed by atoms with Gasteiger partial charge < -0.3 is 83.9 Å². The minimum absolute atomic E-state index is 0.507. The van der Waals surface area contributed by atoms with E-state index in [4.69, 9.17) is 37.9 Å². The summed E-state index contributed by atoms with van der Waals surface area (Å²) >= 11 is 0. The number of rotatable bonds is 7. The van der Waals surface area contributed by atoms with Crippen LogP contribution in [0.5, 0.6) is 0 Å². The molecular weight excluding hydrogens is 776 g/mol. The molecule has 0 spiro atoms. The molecule has 0 aromatic rings. The molecule has 4 rings (SSSR count).